The molecule has 0 atom stereocenters. The summed E-state index contributed by atoms with van der Waals surface area (Å²) in [5, 5.41) is 7.60. The summed E-state index contributed by atoms with van der Waals surface area (Å²) >= 11 is 0. The number of carbonyl (C=O) groups excluding carboxylic acids is 1. The number of hydrogen-bond acceptors (Lipinski definition) is 4. The predicted molar refractivity (Wildman–Crippen MR) is 59.1 cm³/mol. The van der Waals surface area contributed by atoms with Gasteiger partial charge in [0, 0.05) is 19.3 Å². The summed E-state index contributed by atoms with van der Waals surface area (Å²) < 4.78 is 9.12. The quantitative estimate of drug-likeness (QED) is 0.697. The molecule has 3 N–H and O–H groups in total. The number of hydrogen-bond donors (Lipinski definition) is 2. The average Bonchev–Trinajstić information content (AvgIpc) is 2.76. The Kier molecular flexibility index (Phi) is 14.2. The van der Waals surface area contributed by atoms with E-state index in [4.69, 9.17) is 9.84 Å². The van der Waals surface area contributed by atoms with Crippen LogP contribution in [0.25, 0.3) is 0 Å². The molecule has 1 rings (SSSR count). The monoisotopic (exact) mass is 233 g/mol. The molecule has 0 bridgehead atoms. The largest absolute Gasteiger partial charge is 0.478 e. The van der Waals surface area contributed by atoms with Gasteiger partial charge >= 0.3 is 12.1 Å². The lowest BCUT2D eigenvalue weighted by Crippen LogP contribution is -2.11. The van der Waals surface area contributed by atoms with Gasteiger partial charge in [0.2, 0.25) is 0 Å². The number of carboxylic acid groups (broad SMARTS) is 1. The number of rotatable bonds is 2. The second-order valence-electron chi connectivity index (χ2n) is 2.61. The van der Waals surface area contributed by atoms with Crippen molar-refractivity contribution in [1.29, 1.82) is 0 Å². The molecule has 0 radical (unpaired) electrons. The van der Waals surface area contributed by atoms with Crippen LogP contribution >= 0.6 is 0 Å². The maximum absolute atomic E-state index is 9.60. The number of carboxylic acids is 1. The van der Waals surface area contributed by atoms with Gasteiger partial charge < -0.3 is 20.3 Å². The number of ether oxygens (including phenoxy) is 2. The standard InChI is InChI=1S/C4H8O.C3H7NO2.C3H4O2/c1-2-4-5-3-1;1-2-6-3(4)5;1-2-3(4)5/h1-4H2;2H2,1H3,(H2,4,5);2H,1H2,(H,4,5). The second-order valence-corrected chi connectivity index (χ2v) is 2.61. The number of nitrogens with two attached hydrogens (primary N) is 1. The number of primary amides is 1. The van der Waals surface area contributed by atoms with Crippen molar-refractivity contribution in [3.05, 3.63) is 12.7 Å². The van der Waals surface area contributed by atoms with Gasteiger partial charge in [0.15, 0.2) is 0 Å². The van der Waals surface area contributed by atoms with Crippen molar-refractivity contribution in [2.75, 3.05) is 19.8 Å². The first-order chi connectivity index (χ1) is 7.54. The molecule has 1 saturated heterocycles. The molecule has 0 unspecified atom stereocenters. The summed E-state index contributed by atoms with van der Waals surface area (Å²) in [5.74, 6) is -0.981. The topological polar surface area (TPSA) is 98.8 Å². The van der Waals surface area contributed by atoms with Crippen molar-refractivity contribution in [3.8, 4) is 0 Å². The van der Waals surface area contributed by atoms with Gasteiger partial charge in [0.25, 0.3) is 0 Å². The molecule has 0 saturated carbocycles. The van der Waals surface area contributed by atoms with Crippen LogP contribution in [0, 0.1) is 0 Å². The van der Waals surface area contributed by atoms with Gasteiger partial charge in [-0.3, -0.25) is 0 Å². The highest BCUT2D eigenvalue weighted by Crippen LogP contribution is 1.98. The lowest BCUT2D eigenvalue weighted by atomic mass is 10.4. The lowest BCUT2D eigenvalue weighted by molar-refractivity contribution is -0.131. The predicted octanol–water partition coefficient (Wildman–Crippen LogP) is 1.16. The third kappa shape index (κ3) is 22.9. The van der Waals surface area contributed by atoms with Crippen LogP contribution in [0.15, 0.2) is 12.7 Å². The van der Waals surface area contributed by atoms with E-state index >= 15 is 0 Å². The molecule has 6 heteroatoms. The minimum absolute atomic E-state index is 0.356. The Bertz CT molecular complexity index is 194. The van der Waals surface area contributed by atoms with Crippen molar-refractivity contribution in [2.24, 2.45) is 5.73 Å². The maximum Gasteiger partial charge on any atom is 0.404 e. The molecule has 1 aliphatic heterocycles. The Morgan fingerprint density at radius 3 is 2.00 bits per heavy atom. The minimum atomic E-state index is -0.981. The molecule has 0 aliphatic carbocycles. The molecule has 0 spiro atoms. The highest BCUT2D eigenvalue weighted by atomic mass is 16.5. The van der Waals surface area contributed by atoms with Crippen molar-refractivity contribution >= 4 is 12.1 Å². The second kappa shape index (κ2) is 13.4. The average molecular weight is 233 g/mol. The Hall–Kier alpha value is -1.56. The van der Waals surface area contributed by atoms with Gasteiger partial charge in [-0.05, 0) is 19.8 Å². The molecule has 0 aromatic heterocycles. The van der Waals surface area contributed by atoms with E-state index in [1.807, 2.05) is 0 Å². The smallest absolute Gasteiger partial charge is 0.404 e. The highest BCUT2D eigenvalue weighted by molar-refractivity contribution is 5.78. The maximum atomic E-state index is 9.60. The molecule has 1 heterocycles. The van der Waals surface area contributed by atoms with E-state index in [2.05, 4.69) is 17.0 Å². The van der Waals surface area contributed by atoms with E-state index in [1.165, 1.54) is 12.8 Å². The summed E-state index contributed by atoms with van der Waals surface area (Å²) in [5.41, 5.74) is 4.54. The molecule has 0 aromatic rings. The molecular formula is C10H19NO5. The van der Waals surface area contributed by atoms with Gasteiger partial charge in [0.05, 0.1) is 6.61 Å². The van der Waals surface area contributed by atoms with E-state index in [1.54, 1.807) is 6.92 Å². The Balaban J connectivity index is 0. The molecule has 1 fully saturated rings. The van der Waals surface area contributed by atoms with E-state index in [9.17, 15) is 9.59 Å². The number of carbonyl (C=O) groups is 2. The summed E-state index contributed by atoms with van der Waals surface area (Å²) in [6.07, 6.45) is 2.68. The molecule has 94 valence electrons. The third-order valence-electron chi connectivity index (χ3n) is 1.29. The third-order valence-corrected chi connectivity index (χ3v) is 1.29. The summed E-state index contributed by atoms with van der Waals surface area (Å²) in [6, 6.07) is 0. The fourth-order valence-electron chi connectivity index (χ4n) is 0.653. The van der Waals surface area contributed by atoms with Crippen LogP contribution in [0.5, 0.6) is 0 Å². The van der Waals surface area contributed by atoms with E-state index < -0.39 is 12.1 Å². The SMILES string of the molecule is C1CCOC1.C=CC(=O)O.CCOC(N)=O. The summed E-state index contributed by atoms with van der Waals surface area (Å²) in [4.78, 5) is 18.8. The van der Waals surface area contributed by atoms with Crippen molar-refractivity contribution in [2.45, 2.75) is 19.8 Å². The Morgan fingerprint density at radius 1 is 1.50 bits per heavy atom. The van der Waals surface area contributed by atoms with Gasteiger partial charge in [-0.2, -0.15) is 0 Å². The van der Waals surface area contributed by atoms with Gasteiger partial charge in [-0.25, -0.2) is 9.59 Å². The fourth-order valence-corrected chi connectivity index (χ4v) is 0.653. The van der Waals surface area contributed by atoms with E-state index in [0.717, 1.165) is 19.3 Å². The molecule has 1 aliphatic rings. The number of aliphatic carboxylic acids is 1. The molecule has 0 aromatic carbocycles. The lowest BCUT2D eigenvalue weighted by Gasteiger charge is -1.89. The molecule has 16 heavy (non-hydrogen) atoms. The normalized spacial score (nSPS) is 12.3. The highest BCUT2D eigenvalue weighted by Gasteiger charge is 1.94. The van der Waals surface area contributed by atoms with Crippen molar-refractivity contribution in [1.82, 2.24) is 0 Å². The van der Waals surface area contributed by atoms with Gasteiger partial charge in [-0.15, -0.1) is 0 Å². The van der Waals surface area contributed by atoms with Crippen LogP contribution in [-0.4, -0.2) is 37.0 Å². The van der Waals surface area contributed by atoms with Crippen molar-refractivity contribution < 1.29 is 24.2 Å². The minimum Gasteiger partial charge on any atom is -0.478 e. The van der Waals surface area contributed by atoms with Gasteiger partial charge in [0.1, 0.15) is 0 Å². The fraction of sp³-hybridized carbons (Fsp3) is 0.600. The zero-order chi connectivity index (χ0) is 12.8. The van der Waals surface area contributed by atoms with Crippen LogP contribution in [-0.2, 0) is 14.3 Å². The first kappa shape index (κ1) is 16.9. The Morgan fingerprint density at radius 2 is 1.94 bits per heavy atom. The van der Waals surface area contributed by atoms with Crippen LogP contribution < -0.4 is 5.73 Å². The molecule has 1 amide bonds. The van der Waals surface area contributed by atoms with Crippen LogP contribution in [0.4, 0.5) is 4.79 Å². The van der Waals surface area contributed by atoms with Gasteiger partial charge in [-0.1, -0.05) is 6.58 Å². The molecule has 6 nitrogen and oxygen atoms in total. The van der Waals surface area contributed by atoms with Crippen LogP contribution in [0.3, 0.4) is 0 Å². The Labute approximate surface area is 95.0 Å². The van der Waals surface area contributed by atoms with E-state index in [0.29, 0.717) is 6.61 Å². The summed E-state index contributed by atoms with van der Waals surface area (Å²) in [6.45, 7) is 7.02. The zero-order valence-electron chi connectivity index (χ0n) is 9.48. The number of amides is 1. The first-order valence-electron chi connectivity index (χ1n) is 4.89. The molecular weight excluding hydrogens is 214 g/mol. The summed E-state index contributed by atoms with van der Waals surface area (Å²) in [7, 11) is 0. The first-order valence-corrected chi connectivity index (χ1v) is 4.89. The van der Waals surface area contributed by atoms with Crippen molar-refractivity contribution in [3.63, 3.8) is 0 Å². The zero-order valence-corrected chi connectivity index (χ0v) is 9.48. The van der Waals surface area contributed by atoms with E-state index in [-0.39, 0.29) is 0 Å². The van der Waals surface area contributed by atoms with Crippen LogP contribution in [0.2, 0.25) is 0 Å². The van der Waals surface area contributed by atoms with Crippen LogP contribution in [0.1, 0.15) is 19.8 Å².